The number of carbonyl (C=O) groups is 3. The van der Waals surface area contributed by atoms with Crippen LogP contribution < -0.4 is 10.6 Å². The smallest absolute Gasteiger partial charge is 0.308 e. The lowest BCUT2D eigenvalue weighted by molar-refractivity contribution is -0.304. The van der Waals surface area contributed by atoms with Gasteiger partial charge in [0, 0.05) is 23.4 Å². The van der Waals surface area contributed by atoms with Gasteiger partial charge in [0.2, 0.25) is 11.8 Å². The van der Waals surface area contributed by atoms with Gasteiger partial charge in [-0.3, -0.25) is 14.4 Å². The molecule has 4 unspecified atom stereocenters. The second-order valence-electron chi connectivity index (χ2n) is 15.8. The largest absolute Gasteiger partial charge is 0.481 e. The van der Waals surface area contributed by atoms with Gasteiger partial charge in [-0.05, 0) is 64.7 Å². The summed E-state index contributed by atoms with van der Waals surface area (Å²) in [6.45, 7) is 14.0. The Morgan fingerprint density at radius 2 is 1.48 bits per heavy atom. The summed E-state index contributed by atoms with van der Waals surface area (Å²) < 4.78 is 11.7. The number of carbonyl (C=O) groups excluding carboxylic acids is 2. The highest BCUT2D eigenvalue weighted by Crippen LogP contribution is 2.36. The van der Waals surface area contributed by atoms with Crippen molar-refractivity contribution in [1.29, 1.82) is 0 Å². The van der Waals surface area contributed by atoms with Gasteiger partial charge in [0.15, 0.2) is 5.79 Å². The molecule has 1 heterocycles. The Kier molecular flexibility index (Phi) is 17.3. The Bertz CT molecular complexity index is 959. The molecule has 0 aromatic carbocycles. The molecule has 1 saturated carbocycles. The maximum atomic E-state index is 13.5. The van der Waals surface area contributed by atoms with Gasteiger partial charge in [0.1, 0.15) is 6.10 Å². The summed E-state index contributed by atoms with van der Waals surface area (Å²) in [4.78, 5) is 39.2. The van der Waals surface area contributed by atoms with Crippen LogP contribution in [0.25, 0.3) is 0 Å². The van der Waals surface area contributed by atoms with Gasteiger partial charge in [-0.2, -0.15) is 0 Å². The molecule has 0 radical (unpaired) electrons. The predicted molar refractivity (Wildman–Crippen MR) is 185 cm³/mol. The number of nitrogens with one attached hydrogen (secondary N) is 2. The predicted octanol–water partition coefficient (Wildman–Crippen LogP) is 8.33. The Labute approximate surface area is 280 Å². The van der Waals surface area contributed by atoms with E-state index in [4.69, 9.17) is 9.47 Å². The third-order valence-electron chi connectivity index (χ3n) is 10.0. The van der Waals surface area contributed by atoms with Gasteiger partial charge < -0.3 is 25.2 Å². The second-order valence-corrected chi connectivity index (χ2v) is 15.8. The van der Waals surface area contributed by atoms with Crippen LogP contribution in [0.2, 0.25) is 0 Å². The first kappa shape index (κ1) is 40.2. The Morgan fingerprint density at radius 1 is 0.891 bits per heavy atom. The van der Waals surface area contributed by atoms with Crippen molar-refractivity contribution in [2.45, 2.75) is 176 Å². The van der Waals surface area contributed by atoms with E-state index in [1.54, 1.807) is 13.8 Å². The zero-order valence-corrected chi connectivity index (χ0v) is 30.4. The number of hydrogen-bond donors (Lipinski definition) is 3. The summed E-state index contributed by atoms with van der Waals surface area (Å²) in [5.74, 6) is -3.22. The van der Waals surface area contributed by atoms with Crippen molar-refractivity contribution >= 4 is 17.8 Å². The molecule has 46 heavy (non-hydrogen) atoms. The molecular formula is C38H68N2O6. The normalized spacial score (nSPS) is 23.6. The first-order chi connectivity index (χ1) is 21.7. The third kappa shape index (κ3) is 14.0. The Morgan fingerprint density at radius 3 is 2.11 bits per heavy atom. The van der Waals surface area contributed by atoms with Crippen LogP contribution in [0.3, 0.4) is 0 Å². The summed E-state index contributed by atoms with van der Waals surface area (Å²) in [5, 5.41) is 16.4. The van der Waals surface area contributed by atoms with Crippen molar-refractivity contribution in [3.05, 3.63) is 12.2 Å². The van der Waals surface area contributed by atoms with E-state index in [2.05, 4.69) is 29.7 Å². The highest BCUT2D eigenvalue weighted by Gasteiger charge is 2.46. The van der Waals surface area contributed by atoms with E-state index in [-0.39, 0.29) is 30.3 Å². The van der Waals surface area contributed by atoms with Crippen molar-refractivity contribution in [3.63, 3.8) is 0 Å². The summed E-state index contributed by atoms with van der Waals surface area (Å²) in [6.07, 6.45) is 22.9. The number of hydrogen-bond acceptors (Lipinski definition) is 5. The molecule has 1 aliphatic heterocycles. The summed E-state index contributed by atoms with van der Waals surface area (Å²) >= 11 is 0. The number of carboxylic acid groups (broad SMARTS) is 1. The summed E-state index contributed by atoms with van der Waals surface area (Å²) in [5.41, 5.74) is -1.07. The minimum atomic E-state index is -0.949. The van der Waals surface area contributed by atoms with E-state index < -0.39 is 34.6 Å². The van der Waals surface area contributed by atoms with Crippen molar-refractivity contribution in [1.82, 2.24) is 10.6 Å². The summed E-state index contributed by atoms with van der Waals surface area (Å²) in [6, 6.07) is -0.226. The molecule has 4 atom stereocenters. The first-order valence-corrected chi connectivity index (χ1v) is 18.5. The van der Waals surface area contributed by atoms with Crippen LogP contribution in [-0.2, 0) is 23.9 Å². The number of amides is 2. The van der Waals surface area contributed by atoms with E-state index >= 15 is 0 Å². The molecule has 0 bridgehead atoms. The van der Waals surface area contributed by atoms with Gasteiger partial charge in [0.05, 0.1) is 12.5 Å². The molecule has 8 nitrogen and oxygen atoms in total. The highest BCUT2D eigenvalue weighted by atomic mass is 16.7. The van der Waals surface area contributed by atoms with Crippen LogP contribution in [0.5, 0.6) is 0 Å². The van der Waals surface area contributed by atoms with Crippen molar-refractivity contribution < 1.29 is 29.0 Å². The fraction of sp³-hybridized carbons (Fsp3) is 0.868. The maximum absolute atomic E-state index is 13.5. The van der Waals surface area contributed by atoms with Gasteiger partial charge >= 0.3 is 5.97 Å². The number of unbranched alkanes of at least 4 members (excludes halogenated alkanes) is 10. The van der Waals surface area contributed by atoms with E-state index in [1.807, 2.05) is 27.7 Å². The molecule has 2 rings (SSSR count). The van der Waals surface area contributed by atoms with Gasteiger partial charge in [0.25, 0.3) is 0 Å². The zero-order valence-electron chi connectivity index (χ0n) is 30.4. The Balaban J connectivity index is 1.79. The number of ether oxygens (including phenoxy) is 2. The SMILES string of the molecule is CCCCCCCCC=CCCCCCCC(C)(C)C(=O)NC1CCCCC1C(CNC(=O)C1OC(C)(C)OCC1(C)C)C(=O)O. The zero-order chi connectivity index (χ0) is 34.2. The molecule has 2 amide bonds. The van der Waals surface area contributed by atoms with Crippen LogP contribution >= 0.6 is 0 Å². The summed E-state index contributed by atoms with van der Waals surface area (Å²) in [7, 11) is 0. The average Bonchev–Trinajstić information content (AvgIpc) is 2.99. The molecule has 2 fully saturated rings. The topological polar surface area (TPSA) is 114 Å². The number of rotatable bonds is 21. The first-order valence-electron chi connectivity index (χ1n) is 18.5. The lowest BCUT2D eigenvalue weighted by Gasteiger charge is -2.45. The van der Waals surface area contributed by atoms with E-state index in [9.17, 15) is 19.5 Å². The lowest BCUT2D eigenvalue weighted by atomic mass is 9.75. The quantitative estimate of drug-likeness (QED) is 0.0852. The second kappa shape index (κ2) is 19.8. The third-order valence-corrected chi connectivity index (χ3v) is 10.0. The fourth-order valence-corrected chi connectivity index (χ4v) is 6.80. The standard InChI is InChI=1S/C38H68N2O6/c1-8-9-10-11-12-13-14-15-16-17-18-19-20-23-26-36(2,3)35(44)40-31-25-22-21-24-29(31)30(34(42)43)27-39-33(41)32-37(4,5)28-45-38(6,7)46-32/h15-16,29-32H,8-14,17-28H2,1-7H3,(H,39,41)(H,40,44)(H,42,43). The minimum Gasteiger partial charge on any atom is -0.481 e. The van der Waals surface area contributed by atoms with Crippen LogP contribution in [0.1, 0.15) is 158 Å². The maximum Gasteiger partial charge on any atom is 0.308 e. The highest BCUT2D eigenvalue weighted by molar-refractivity contribution is 5.83. The van der Waals surface area contributed by atoms with Gasteiger partial charge in [-0.1, -0.05) is 111 Å². The molecule has 0 spiro atoms. The van der Waals surface area contributed by atoms with E-state index in [0.29, 0.717) is 13.0 Å². The van der Waals surface area contributed by atoms with Gasteiger partial charge in [-0.15, -0.1) is 0 Å². The molecule has 1 saturated heterocycles. The van der Waals surface area contributed by atoms with Crippen LogP contribution in [0.15, 0.2) is 12.2 Å². The van der Waals surface area contributed by atoms with Crippen molar-refractivity contribution in [3.8, 4) is 0 Å². The van der Waals surface area contributed by atoms with Crippen LogP contribution in [0.4, 0.5) is 0 Å². The molecule has 2 aliphatic rings. The number of allylic oxidation sites excluding steroid dienone is 2. The van der Waals surface area contributed by atoms with Crippen molar-refractivity contribution in [2.75, 3.05) is 13.2 Å². The monoisotopic (exact) mass is 649 g/mol. The molecule has 1 aliphatic carbocycles. The fourth-order valence-electron chi connectivity index (χ4n) is 6.80. The van der Waals surface area contributed by atoms with Crippen LogP contribution in [-0.4, -0.2) is 54.0 Å². The molecule has 0 aromatic rings. The van der Waals surface area contributed by atoms with E-state index in [0.717, 1.165) is 44.9 Å². The molecular weight excluding hydrogens is 580 g/mol. The minimum absolute atomic E-state index is 0.0000577. The van der Waals surface area contributed by atoms with Crippen molar-refractivity contribution in [2.24, 2.45) is 22.7 Å². The lowest BCUT2D eigenvalue weighted by Crippen LogP contribution is -2.57. The molecule has 0 aromatic heterocycles. The molecule has 8 heteroatoms. The number of aliphatic carboxylic acids is 1. The van der Waals surface area contributed by atoms with Gasteiger partial charge in [-0.25, -0.2) is 0 Å². The number of carboxylic acids is 1. The molecule has 266 valence electrons. The van der Waals surface area contributed by atoms with E-state index in [1.165, 1.54) is 57.8 Å². The van der Waals surface area contributed by atoms with Crippen LogP contribution in [0, 0.1) is 22.7 Å². The Hall–Kier alpha value is -1.93. The molecule has 3 N–H and O–H groups in total. The average molecular weight is 649 g/mol.